The summed E-state index contributed by atoms with van der Waals surface area (Å²) in [5, 5.41) is 31.1. The van der Waals surface area contributed by atoms with E-state index in [0.717, 1.165) is 51.4 Å². The number of aliphatic hydroxyl groups excluding tert-OH is 1. The van der Waals surface area contributed by atoms with Gasteiger partial charge in [-0.1, -0.05) is 138 Å². The number of esters is 4. The van der Waals surface area contributed by atoms with Crippen LogP contribution < -0.4 is 37.2 Å². The lowest BCUT2D eigenvalue weighted by atomic mass is 9.78. The minimum atomic E-state index is -1.06. The summed E-state index contributed by atoms with van der Waals surface area (Å²) in [4.78, 5) is 167. The fraction of sp³-hybridized carbons (Fsp3) is 0.830. The first-order valence-electron chi connectivity index (χ1n) is 43.9. The second-order valence-electron chi connectivity index (χ2n) is 33.1. The number of alkyl carbamates (subject to hydrolysis) is 2. The highest BCUT2D eigenvalue weighted by molar-refractivity contribution is 5.92. The van der Waals surface area contributed by atoms with Crippen molar-refractivity contribution >= 4 is 77.2 Å². The second kappa shape index (κ2) is 60.1. The van der Waals surface area contributed by atoms with Crippen LogP contribution in [0.1, 0.15) is 264 Å². The summed E-state index contributed by atoms with van der Waals surface area (Å²) in [6, 6.07) is -2.67. The van der Waals surface area contributed by atoms with E-state index in [0.29, 0.717) is 103 Å². The molecule has 0 spiro atoms. The third-order valence-electron chi connectivity index (χ3n) is 23.2. The van der Waals surface area contributed by atoms with E-state index in [1.165, 1.54) is 42.1 Å². The zero-order valence-corrected chi connectivity index (χ0v) is 74.8. The predicted octanol–water partition coefficient (Wildman–Crippen LogP) is 9.83. The SMILES string of the molecule is C#CCOCCOCCOCCOCCC(=O)N[C@H](CCC(=O)CCCCCCCNC(=O)O[C@H]1[C@@H]([C@@H](NC(C)=O)C(CC)CC)[C@H](NC(=O)OC(C)(C)C)C[C@@H]1C(=O)OC)C(=O)CCC(=O)NCCCCCCCC(=O)O[C@H]1[C@@H]([C@@H](NC(C)=O)C(CC)CC)[C@H](C)C[C@@H]1C(=O)OC.CCC(CC)[C@H](NC(C)=O)[C@@H]1[C@H](O)[C@@H](C(=O)OC)C[C@H]1C. The first-order chi connectivity index (χ1) is 56.6. The van der Waals surface area contributed by atoms with Crippen LogP contribution in [0, 0.1) is 77.4 Å². The number of carbonyl (C=O) groups is 13. The summed E-state index contributed by atoms with van der Waals surface area (Å²) < 4.78 is 54.4. The Kier molecular flexibility index (Phi) is 54.3. The van der Waals surface area contributed by atoms with Gasteiger partial charge in [0.15, 0.2) is 5.78 Å². The lowest BCUT2D eigenvalue weighted by Gasteiger charge is -2.37. The minimum Gasteiger partial charge on any atom is -0.469 e. The van der Waals surface area contributed by atoms with Gasteiger partial charge in [0.05, 0.1) is 97.5 Å². The molecule has 3 fully saturated rings. The monoisotopic (exact) mass is 1690 g/mol. The molecule has 0 aliphatic heterocycles. The molecule has 0 saturated heterocycles. The standard InChI is InChI=1S/C72H122N6O20.C16H29NO4/c1-14-38-92-40-42-94-44-45-95-43-41-93-39-35-60(84)77-56(58(82)33-34-59(83)73-36-27-23-20-22-26-30-61(85)96-66-54(68(86)90-12)46-48(6)62(66)64(75-49(7)79)51(15-2)16-3)32-31-53(81)29-25-21-19-24-28-37-74-70(88)97-67-55(69(87)91-13)47-57(78-71(89)98-72(9,10)11)63(67)65(76-50(8)80)52(17-4)18-5;1-6-11(7-2)14(17-10(4)18)13-9(3)8-12(15(13)19)16(20)21-5/h1,48,51-52,54-57,62-67H,15-47H2,2-13H3,(H,73,83)(H,74,88)(H,75,79)(H,76,80)(H,77,84)(H,78,89);9,11-15,19H,6-8H2,1-5H3,(H,17,18)/t48-,54+,55+,56-,57-,62-,63-,64+,65+,66-,67-;9-,12+,13-,14+,15-/m11/s1. The fourth-order valence-corrected chi connectivity index (χ4v) is 17.2. The van der Waals surface area contributed by atoms with Crippen molar-refractivity contribution in [2.75, 3.05) is 87.3 Å². The molecule has 31 nitrogen and oxygen atoms in total. The number of amides is 7. The van der Waals surface area contributed by atoms with E-state index in [9.17, 15) is 67.4 Å². The summed E-state index contributed by atoms with van der Waals surface area (Å²) >= 11 is 0. The Labute approximate surface area is 708 Å². The van der Waals surface area contributed by atoms with E-state index in [2.05, 4.69) is 70.8 Å². The molecule has 0 heterocycles. The summed E-state index contributed by atoms with van der Waals surface area (Å²) in [5.41, 5.74) is -0.815. The van der Waals surface area contributed by atoms with Crippen LogP contribution in [0.3, 0.4) is 0 Å². The highest BCUT2D eigenvalue weighted by Gasteiger charge is 2.56. The highest BCUT2D eigenvalue weighted by atomic mass is 16.6. The molecule has 0 aromatic carbocycles. The largest absolute Gasteiger partial charge is 0.469 e. The molecule has 0 unspecified atom stereocenters. The van der Waals surface area contributed by atoms with Crippen molar-refractivity contribution < 1.29 is 115 Å². The van der Waals surface area contributed by atoms with E-state index < -0.39 is 102 Å². The third kappa shape index (κ3) is 40.8. The Morgan fingerprint density at radius 3 is 1.38 bits per heavy atom. The molecule has 682 valence electrons. The van der Waals surface area contributed by atoms with Crippen molar-refractivity contribution in [2.45, 2.75) is 318 Å². The van der Waals surface area contributed by atoms with Crippen LogP contribution in [0.2, 0.25) is 0 Å². The van der Waals surface area contributed by atoms with Crippen molar-refractivity contribution in [1.29, 1.82) is 0 Å². The molecule has 3 saturated carbocycles. The van der Waals surface area contributed by atoms with Gasteiger partial charge >= 0.3 is 36.1 Å². The van der Waals surface area contributed by atoms with Crippen LogP contribution in [0.5, 0.6) is 0 Å². The van der Waals surface area contributed by atoms with Crippen molar-refractivity contribution in [3.05, 3.63) is 0 Å². The first kappa shape index (κ1) is 108. The number of ether oxygens (including phenoxy) is 10. The molecule has 8 N–H and O–H groups in total. The Hall–Kier alpha value is -7.53. The maximum absolute atomic E-state index is 13.7. The van der Waals surface area contributed by atoms with Gasteiger partial charge in [-0.3, -0.25) is 52.7 Å². The number of Topliss-reactive ketones (excluding diaryl/α,β-unsaturated/α-hetero) is 2. The summed E-state index contributed by atoms with van der Waals surface area (Å²) in [7, 11) is 3.91. The number of carbonyl (C=O) groups excluding carboxylic acids is 13. The molecular weight excluding hydrogens is 1540 g/mol. The smallest absolute Gasteiger partial charge is 0.407 e. The van der Waals surface area contributed by atoms with E-state index in [-0.39, 0.29) is 173 Å². The average Bonchev–Trinajstić information content (AvgIpc) is 1.51. The van der Waals surface area contributed by atoms with E-state index >= 15 is 0 Å². The molecule has 0 aromatic heterocycles. The summed E-state index contributed by atoms with van der Waals surface area (Å²) in [5.74, 6) is -3.86. The van der Waals surface area contributed by atoms with Gasteiger partial charge in [0.1, 0.15) is 30.2 Å². The molecule has 0 radical (unpaired) electrons. The lowest BCUT2D eigenvalue weighted by Crippen LogP contribution is -2.55. The molecule has 16 atom stereocenters. The van der Waals surface area contributed by atoms with E-state index in [1.54, 1.807) is 20.8 Å². The predicted molar refractivity (Wildman–Crippen MR) is 447 cm³/mol. The number of terminal acetylenes is 1. The maximum atomic E-state index is 13.7. The molecular formula is C88H151N7O24. The van der Waals surface area contributed by atoms with Crippen LogP contribution in [0.25, 0.3) is 0 Å². The van der Waals surface area contributed by atoms with Crippen molar-refractivity contribution in [1.82, 2.24) is 37.2 Å². The van der Waals surface area contributed by atoms with Crippen molar-refractivity contribution in [2.24, 2.45) is 65.1 Å². The van der Waals surface area contributed by atoms with Crippen LogP contribution >= 0.6 is 0 Å². The Bertz CT molecular complexity index is 3100. The molecule has 0 bridgehead atoms. The lowest BCUT2D eigenvalue weighted by molar-refractivity contribution is -0.162. The molecule has 31 heteroatoms. The Morgan fingerprint density at radius 1 is 0.454 bits per heavy atom. The summed E-state index contributed by atoms with van der Waals surface area (Å²) in [6.07, 6.45) is 14.2. The molecule has 7 amide bonds. The van der Waals surface area contributed by atoms with Gasteiger partial charge in [0, 0.05) is 114 Å². The van der Waals surface area contributed by atoms with Crippen LogP contribution in [-0.2, 0) is 100 Å². The zero-order valence-electron chi connectivity index (χ0n) is 74.8. The number of hydrogen-bond acceptors (Lipinski definition) is 24. The topological polar surface area (TPSA) is 419 Å². The Morgan fingerprint density at radius 2 is 0.882 bits per heavy atom. The fourth-order valence-electron chi connectivity index (χ4n) is 17.2. The number of aliphatic hydroxyl groups is 1. The maximum Gasteiger partial charge on any atom is 0.407 e. The number of hydrogen-bond donors (Lipinski definition) is 8. The minimum absolute atomic E-state index is 0.000816. The van der Waals surface area contributed by atoms with Crippen LogP contribution in [0.4, 0.5) is 9.59 Å². The molecule has 3 aliphatic rings. The third-order valence-corrected chi connectivity index (χ3v) is 23.2. The van der Waals surface area contributed by atoms with Crippen LogP contribution in [-0.4, -0.2) is 224 Å². The highest BCUT2D eigenvalue weighted by Crippen LogP contribution is 2.46. The van der Waals surface area contributed by atoms with Crippen molar-refractivity contribution in [3.63, 3.8) is 0 Å². The van der Waals surface area contributed by atoms with Gasteiger partial charge in [-0.15, -0.1) is 6.42 Å². The van der Waals surface area contributed by atoms with Gasteiger partial charge in [-0.2, -0.15) is 0 Å². The van der Waals surface area contributed by atoms with E-state index in [4.69, 9.17) is 53.8 Å². The van der Waals surface area contributed by atoms with Gasteiger partial charge in [0.2, 0.25) is 29.5 Å². The van der Waals surface area contributed by atoms with E-state index in [1.807, 2.05) is 27.7 Å². The molecule has 3 aliphatic carbocycles. The molecule has 3 rings (SSSR count). The Balaban J connectivity index is 0.00000197. The zero-order chi connectivity index (χ0) is 89.2. The van der Waals surface area contributed by atoms with Crippen molar-refractivity contribution in [3.8, 4) is 12.3 Å². The molecule has 0 aromatic rings. The van der Waals surface area contributed by atoms with Gasteiger partial charge in [-0.05, 0) is 102 Å². The molecule has 119 heavy (non-hydrogen) atoms. The average molecular weight is 1690 g/mol. The first-order valence-corrected chi connectivity index (χ1v) is 43.9. The number of rotatable bonds is 58. The number of methoxy groups -OCH3 is 3. The number of unbranched alkanes of at least 4 members (excludes halogenated alkanes) is 8. The van der Waals surface area contributed by atoms with Gasteiger partial charge in [-0.25, -0.2) is 9.59 Å². The number of ketones is 2. The second-order valence-corrected chi connectivity index (χ2v) is 33.1. The van der Waals surface area contributed by atoms with Gasteiger partial charge in [0.25, 0.3) is 0 Å². The normalized spacial score (nSPS) is 21.7. The quantitative estimate of drug-likeness (QED) is 0.0121. The summed E-state index contributed by atoms with van der Waals surface area (Å²) in [6.45, 7) is 28.7. The number of nitrogens with one attached hydrogen (secondary N) is 7. The van der Waals surface area contributed by atoms with Crippen LogP contribution in [0.15, 0.2) is 0 Å². The van der Waals surface area contributed by atoms with Gasteiger partial charge < -0.3 is 89.7 Å².